The van der Waals surface area contributed by atoms with Gasteiger partial charge in [-0.2, -0.15) is 0 Å². The summed E-state index contributed by atoms with van der Waals surface area (Å²) in [6.45, 7) is 12.7. The van der Waals surface area contributed by atoms with Gasteiger partial charge in [-0.05, 0) is 104 Å². The van der Waals surface area contributed by atoms with Gasteiger partial charge in [-0.1, -0.05) is 45.0 Å². The predicted octanol–water partition coefficient (Wildman–Crippen LogP) is 6.31. The lowest BCUT2D eigenvalue weighted by molar-refractivity contribution is 0.0678. The molecule has 1 N–H and O–H groups in total. The molecule has 0 saturated carbocycles. The van der Waals surface area contributed by atoms with Gasteiger partial charge in [-0.25, -0.2) is 0 Å². The van der Waals surface area contributed by atoms with Gasteiger partial charge in [0.25, 0.3) is 5.91 Å². The molecule has 4 rings (SSSR count). The first-order chi connectivity index (χ1) is 18.3. The molecule has 0 unspecified atom stereocenters. The molecule has 0 atom stereocenters. The monoisotopic (exact) mass is 520 g/mol. The van der Waals surface area contributed by atoms with Crippen LogP contribution in [0.25, 0.3) is 0 Å². The van der Waals surface area contributed by atoms with E-state index in [0.29, 0.717) is 17.9 Å². The number of aliphatic hydroxyl groups excluding tert-OH is 1. The zero-order valence-electron chi connectivity index (χ0n) is 23.9. The van der Waals surface area contributed by atoms with E-state index in [4.69, 9.17) is 4.74 Å². The minimum atomic E-state index is 0.109. The highest BCUT2D eigenvalue weighted by molar-refractivity contribution is 5.94. The number of piperidine rings is 1. The molecular weight excluding hydrogens is 472 g/mol. The van der Waals surface area contributed by atoms with E-state index in [1.807, 2.05) is 17.0 Å². The fraction of sp³-hybridized carbons (Fsp3) is 0.606. The Bertz CT molecular complexity index is 1040. The van der Waals surface area contributed by atoms with E-state index >= 15 is 0 Å². The first kappa shape index (κ1) is 28.6. The normalized spacial score (nSPS) is 18.4. The summed E-state index contributed by atoms with van der Waals surface area (Å²) in [6, 6.07) is 14.9. The molecule has 0 aromatic heterocycles. The highest BCUT2D eigenvalue weighted by Gasteiger charge is 2.24. The molecule has 2 heterocycles. The van der Waals surface area contributed by atoms with Gasteiger partial charge in [-0.3, -0.25) is 9.69 Å². The van der Waals surface area contributed by atoms with E-state index in [0.717, 1.165) is 88.1 Å². The van der Waals surface area contributed by atoms with Crippen molar-refractivity contribution in [3.05, 3.63) is 64.7 Å². The molecule has 1 amide bonds. The van der Waals surface area contributed by atoms with Crippen LogP contribution in [-0.2, 0) is 13.0 Å². The van der Waals surface area contributed by atoms with Crippen LogP contribution >= 0.6 is 0 Å². The Labute approximate surface area is 230 Å². The largest absolute Gasteiger partial charge is 0.493 e. The third kappa shape index (κ3) is 8.57. The fourth-order valence-corrected chi connectivity index (χ4v) is 5.66. The summed E-state index contributed by atoms with van der Waals surface area (Å²) in [7, 11) is 0. The third-order valence-electron chi connectivity index (χ3n) is 8.09. The quantitative estimate of drug-likeness (QED) is 0.502. The molecular formula is C33H48N2O3. The van der Waals surface area contributed by atoms with Crippen LogP contribution < -0.4 is 4.74 Å². The van der Waals surface area contributed by atoms with Crippen molar-refractivity contribution in [3.8, 4) is 5.75 Å². The number of rotatable bonds is 5. The molecule has 5 heteroatoms. The number of carbonyl (C=O) groups is 1. The van der Waals surface area contributed by atoms with Crippen molar-refractivity contribution >= 4 is 5.91 Å². The van der Waals surface area contributed by atoms with Crippen molar-refractivity contribution in [3.63, 3.8) is 0 Å². The summed E-state index contributed by atoms with van der Waals surface area (Å²) >= 11 is 0. The number of aliphatic hydroxyl groups is 1. The average molecular weight is 521 g/mol. The highest BCUT2D eigenvalue weighted by Crippen LogP contribution is 2.28. The van der Waals surface area contributed by atoms with Crippen LogP contribution in [0, 0.1) is 11.3 Å². The van der Waals surface area contributed by atoms with E-state index in [1.165, 1.54) is 24.0 Å². The molecule has 2 aromatic rings. The molecule has 5 nitrogen and oxygen atoms in total. The number of hydrogen-bond donors (Lipinski definition) is 1. The van der Waals surface area contributed by atoms with Crippen LogP contribution in [0.15, 0.2) is 42.5 Å². The number of amides is 1. The van der Waals surface area contributed by atoms with Crippen molar-refractivity contribution in [2.75, 3.05) is 39.4 Å². The number of ether oxygens (including phenoxy) is 1. The summed E-state index contributed by atoms with van der Waals surface area (Å²) in [4.78, 5) is 18.0. The Hall–Kier alpha value is -2.37. The number of hydrogen-bond acceptors (Lipinski definition) is 4. The SMILES string of the molecule is CC(C)(C)CCN1CCCCCOc2ccc(C(=O)N3CCC(CCO)CC3)cc2Cc2cccc(c2)C1. The highest BCUT2D eigenvalue weighted by atomic mass is 16.5. The second-order valence-electron chi connectivity index (χ2n) is 12.6. The second-order valence-corrected chi connectivity index (χ2v) is 12.6. The van der Waals surface area contributed by atoms with Crippen LogP contribution in [0.4, 0.5) is 0 Å². The predicted molar refractivity (Wildman–Crippen MR) is 155 cm³/mol. The molecule has 2 aliphatic heterocycles. The first-order valence-electron chi connectivity index (χ1n) is 14.8. The van der Waals surface area contributed by atoms with E-state index < -0.39 is 0 Å². The number of benzene rings is 2. The van der Waals surface area contributed by atoms with Crippen LogP contribution in [0.1, 0.15) is 92.8 Å². The zero-order chi connectivity index (χ0) is 27.0. The van der Waals surface area contributed by atoms with Gasteiger partial charge in [0.05, 0.1) is 6.61 Å². The lowest BCUT2D eigenvalue weighted by Gasteiger charge is -2.32. The van der Waals surface area contributed by atoms with Gasteiger partial charge in [0.2, 0.25) is 0 Å². The van der Waals surface area contributed by atoms with Gasteiger partial charge in [0.15, 0.2) is 0 Å². The molecule has 2 bridgehead atoms. The molecule has 208 valence electrons. The molecule has 1 saturated heterocycles. The number of likely N-dealkylation sites (tertiary alicyclic amines) is 1. The molecule has 0 radical (unpaired) electrons. The van der Waals surface area contributed by atoms with Crippen molar-refractivity contribution < 1.29 is 14.6 Å². The Morgan fingerprint density at radius 1 is 1.00 bits per heavy atom. The Morgan fingerprint density at radius 3 is 2.55 bits per heavy atom. The van der Waals surface area contributed by atoms with Crippen molar-refractivity contribution in [1.82, 2.24) is 9.80 Å². The fourth-order valence-electron chi connectivity index (χ4n) is 5.66. The van der Waals surface area contributed by atoms with Gasteiger partial charge in [0.1, 0.15) is 5.75 Å². The van der Waals surface area contributed by atoms with E-state index in [2.05, 4.69) is 56.0 Å². The van der Waals surface area contributed by atoms with Crippen LogP contribution in [0.3, 0.4) is 0 Å². The van der Waals surface area contributed by atoms with Crippen LogP contribution in [-0.4, -0.2) is 60.2 Å². The van der Waals surface area contributed by atoms with E-state index in [-0.39, 0.29) is 12.5 Å². The maximum atomic E-state index is 13.4. The maximum Gasteiger partial charge on any atom is 0.253 e. The van der Waals surface area contributed by atoms with Gasteiger partial charge in [-0.15, -0.1) is 0 Å². The van der Waals surface area contributed by atoms with E-state index in [9.17, 15) is 9.90 Å². The molecule has 1 fully saturated rings. The summed E-state index contributed by atoms with van der Waals surface area (Å²) in [5.74, 6) is 1.54. The Kier molecular flexibility index (Phi) is 10.3. The summed E-state index contributed by atoms with van der Waals surface area (Å²) in [5, 5.41) is 9.25. The first-order valence-corrected chi connectivity index (χ1v) is 14.8. The van der Waals surface area contributed by atoms with Crippen molar-refractivity contribution in [2.45, 2.75) is 78.7 Å². The zero-order valence-corrected chi connectivity index (χ0v) is 23.9. The van der Waals surface area contributed by atoms with Crippen molar-refractivity contribution in [1.29, 1.82) is 0 Å². The van der Waals surface area contributed by atoms with Crippen LogP contribution in [0.2, 0.25) is 0 Å². The summed E-state index contributed by atoms with van der Waals surface area (Å²) in [5.41, 5.74) is 4.79. The summed E-state index contributed by atoms with van der Waals surface area (Å²) < 4.78 is 6.28. The molecule has 38 heavy (non-hydrogen) atoms. The molecule has 0 spiro atoms. The lowest BCUT2D eigenvalue weighted by atomic mass is 9.92. The van der Waals surface area contributed by atoms with Gasteiger partial charge in [0, 0.05) is 38.2 Å². The average Bonchev–Trinajstić information content (AvgIpc) is 2.89. The minimum Gasteiger partial charge on any atom is -0.493 e. The van der Waals surface area contributed by atoms with E-state index in [1.54, 1.807) is 0 Å². The number of nitrogens with zero attached hydrogens (tertiary/aromatic N) is 2. The van der Waals surface area contributed by atoms with Gasteiger partial charge < -0.3 is 14.7 Å². The number of fused-ring (bicyclic) bond motifs is 3. The lowest BCUT2D eigenvalue weighted by Crippen LogP contribution is -2.38. The Morgan fingerprint density at radius 2 is 1.79 bits per heavy atom. The molecule has 2 aromatic carbocycles. The molecule has 2 aliphatic rings. The third-order valence-corrected chi connectivity index (χ3v) is 8.09. The van der Waals surface area contributed by atoms with Crippen molar-refractivity contribution in [2.24, 2.45) is 11.3 Å². The number of carbonyl (C=O) groups excluding carboxylic acids is 1. The van der Waals surface area contributed by atoms with Gasteiger partial charge >= 0.3 is 0 Å². The summed E-state index contributed by atoms with van der Waals surface area (Å²) in [6.07, 6.45) is 8.11. The van der Waals surface area contributed by atoms with Crippen LogP contribution in [0.5, 0.6) is 5.75 Å². The Balaban J connectivity index is 1.52. The minimum absolute atomic E-state index is 0.109. The standard InChI is InChI=1S/C33H48N2O3/c1-33(2,3)15-19-34-16-5-4-6-21-38-31-11-10-29(32(37)35-17-12-26(13-18-35)14-20-36)24-30(31)23-27-8-7-9-28(22-27)25-34/h7-11,22,24,26,36H,4-6,12-21,23,25H2,1-3H3. The maximum absolute atomic E-state index is 13.4. The topological polar surface area (TPSA) is 53.0 Å². The second kappa shape index (κ2) is 13.6. The smallest absolute Gasteiger partial charge is 0.253 e. The molecule has 0 aliphatic carbocycles.